The fourth-order valence-corrected chi connectivity index (χ4v) is 3.30. The van der Waals surface area contributed by atoms with Crippen molar-refractivity contribution >= 4 is 17.9 Å². The molecule has 28 heavy (non-hydrogen) atoms. The largest absolute Gasteiger partial charge is 0.478 e. The summed E-state index contributed by atoms with van der Waals surface area (Å²) in [5.74, 6) is -0.969. The molecule has 0 radical (unpaired) electrons. The summed E-state index contributed by atoms with van der Waals surface area (Å²) in [7, 11) is 0. The Bertz CT molecular complexity index is 852. The second-order valence-corrected chi connectivity index (χ2v) is 6.86. The van der Waals surface area contributed by atoms with E-state index in [0.717, 1.165) is 11.1 Å². The van der Waals surface area contributed by atoms with Crippen LogP contribution in [0.5, 0.6) is 0 Å². The molecule has 7 heteroatoms. The first-order chi connectivity index (χ1) is 13.4. The zero-order chi connectivity index (χ0) is 20.1. The number of aromatic carboxylic acids is 1. The van der Waals surface area contributed by atoms with Crippen LogP contribution in [-0.2, 0) is 11.3 Å². The van der Waals surface area contributed by atoms with Crippen LogP contribution in [0.25, 0.3) is 0 Å². The fraction of sp³-hybridized carbons (Fsp3) is 0.286. The lowest BCUT2D eigenvalue weighted by atomic mass is 10.1. The van der Waals surface area contributed by atoms with Gasteiger partial charge in [0.15, 0.2) is 0 Å². The molecule has 0 spiro atoms. The van der Waals surface area contributed by atoms with Gasteiger partial charge in [-0.2, -0.15) is 0 Å². The molecule has 0 saturated carbocycles. The second kappa shape index (κ2) is 8.56. The van der Waals surface area contributed by atoms with Crippen molar-refractivity contribution in [2.45, 2.75) is 32.0 Å². The van der Waals surface area contributed by atoms with Crippen molar-refractivity contribution in [3.8, 4) is 0 Å². The van der Waals surface area contributed by atoms with Gasteiger partial charge in [0.1, 0.15) is 0 Å². The Morgan fingerprint density at radius 2 is 1.82 bits per heavy atom. The van der Waals surface area contributed by atoms with Crippen LogP contribution in [0.4, 0.5) is 4.79 Å². The number of hydrogen-bond acceptors (Lipinski definition) is 3. The fourth-order valence-electron chi connectivity index (χ4n) is 3.30. The standard InChI is InChI=1S/C21H23N3O4/c1-14(16-5-3-2-4-6-16)24-13-18(11-19(24)25)23-21(28)22-12-15-7-9-17(10-8-15)20(26)27/h2-10,14,18H,11-13H2,1H3,(H,26,27)(H2,22,23,28). The third-order valence-corrected chi connectivity index (χ3v) is 4.90. The van der Waals surface area contributed by atoms with Gasteiger partial charge in [0, 0.05) is 19.5 Å². The minimum Gasteiger partial charge on any atom is -0.478 e. The predicted molar refractivity (Wildman–Crippen MR) is 104 cm³/mol. The number of nitrogens with one attached hydrogen (secondary N) is 2. The Hall–Kier alpha value is -3.35. The molecule has 3 rings (SSSR count). The molecule has 7 nitrogen and oxygen atoms in total. The molecule has 3 N–H and O–H groups in total. The Balaban J connectivity index is 1.49. The monoisotopic (exact) mass is 381 g/mol. The van der Waals surface area contributed by atoms with Crippen LogP contribution in [0.1, 0.15) is 40.9 Å². The second-order valence-electron chi connectivity index (χ2n) is 6.86. The van der Waals surface area contributed by atoms with E-state index in [0.29, 0.717) is 6.54 Å². The molecule has 1 fully saturated rings. The van der Waals surface area contributed by atoms with E-state index in [1.165, 1.54) is 12.1 Å². The van der Waals surface area contributed by atoms with E-state index in [4.69, 9.17) is 5.11 Å². The molecule has 1 aliphatic rings. The Labute approximate surface area is 163 Å². The Kier molecular flexibility index (Phi) is 5.93. The van der Waals surface area contributed by atoms with Crippen LogP contribution in [0.3, 0.4) is 0 Å². The van der Waals surface area contributed by atoms with Gasteiger partial charge >= 0.3 is 12.0 Å². The van der Waals surface area contributed by atoms with Crippen LogP contribution < -0.4 is 10.6 Å². The molecule has 2 aromatic rings. The summed E-state index contributed by atoms with van der Waals surface area (Å²) in [6.07, 6.45) is 0.276. The minimum atomic E-state index is -0.988. The van der Waals surface area contributed by atoms with Gasteiger partial charge in [-0.3, -0.25) is 4.79 Å². The summed E-state index contributed by atoms with van der Waals surface area (Å²) >= 11 is 0. The molecule has 3 amide bonds. The average molecular weight is 381 g/mol. The zero-order valence-corrected chi connectivity index (χ0v) is 15.6. The van der Waals surface area contributed by atoms with E-state index in [9.17, 15) is 14.4 Å². The van der Waals surface area contributed by atoms with Gasteiger partial charge in [0.25, 0.3) is 0 Å². The maximum Gasteiger partial charge on any atom is 0.335 e. The number of carboxylic acid groups (broad SMARTS) is 1. The Morgan fingerprint density at radius 1 is 1.14 bits per heavy atom. The maximum atomic E-state index is 12.4. The van der Waals surface area contributed by atoms with Crippen LogP contribution in [0.15, 0.2) is 54.6 Å². The van der Waals surface area contributed by atoms with E-state index in [2.05, 4.69) is 10.6 Å². The van der Waals surface area contributed by atoms with E-state index in [-0.39, 0.29) is 42.6 Å². The quantitative estimate of drug-likeness (QED) is 0.716. The number of carbonyl (C=O) groups excluding carboxylic acids is 2. The molecule has 2 aromatic carbocycles. The summed E-state index contributed by atoms with van der Waals surface area (Å²) in [4.78, 5) is 37.1. The van der Waals surface area contributed by atoms with Crippen molar-refractivity contribution in [1.82, 2.24) is 15.5 Å². The zero-order valence-electron chi connectivity index (χ0n) is 15.6. The van der Waals surface area contributed by atoms with Crippen molar-refractivity contribution in [2.24, 2.45) is 0 Å². The molecule has 2 atom stereocenters. The Morgan fingerprint density at radius 3 is 2.46 bits per heavy atom. The van der Waals surface area contributed by atoms with E-state index in [1.807, 2.05) is 37.3 Å². The van der Waals surface area contributed by atoms with Gasteiger partial charge in [0.05, 0.1) is 17.6 Å². The summed E-state index contributed by atoms with van der Waals surface area (Å²) in [5.41, 5.74) is 2.05. The molecule has 1 saturated heterocycles. The number of likely N-dealkylation sites (tertiary alicyclic amines) is 1. The van der Waals surface area contributed by atoms with Crippen LogP contribution in [0.2, 0.25) is 0 Å². The van der Waals surface area contributed by atoms with Gasteiger partial charge in [-0.15, -0.1) is 0 Å². The van der Waals surface area contributed by atoms with Crippen LogP contribution >= 0.6 is 0 Å². The van der Waals surface area contributed by atoms with Crippen molar-refractivity contribution in [2.75, 3.05) is 6.54 Å². The van der Waals surface area contributed by atoms with Gasteiger partial charge in [0.2, 0.25) is 5.91 Å². The number of hydrogen-bond donors (Lipinski definition) is 3. The normalized spacial score (nSPS) is 17.2. The lowest BCUT2D eigenvalue weighted by Crippen LogP contribution is -2.43. The molecule has 146 valence electrons. The lowest BCUT2D eigenvalue weighted by Gasteiger charge is -2.25. The van der Waals surface area contributed by atoms with Crippen LogP contribution in [-0.4, -0.2) is 40.5 Å². The highest BCUT2D eigenvalue weighted by Crippen LogP contribution is 2.25. The molecule has 0 aromatic heterocycles. The van der Waals surface area contributed by atoms with Crippen molar-refractivity contribution in [3.63, 3.8) is 0 Å². The van der Waals surface area contributed by atoms with Crippen LogP contribution in [0, 0.1) is 0 Å². The summed E-state index contributed by atoms with van der Waals surface area (Å²) in [5, 5.41) is 14.5. The third kappa shape index (κ3) is 4.68. The SMILES string of the molecule is CC(c1ccccc1)N1CC(NC(=O)NCc2ccc(C(=O)O)cc2)CC1=O. The lowest BCUT2D eigenvalue weighted by molar-refractivity contribution is -0.129. The maximum absolute atomic E-state index is 12.4. The van der Waals surface area contributed by atoms with Gasteiger partial charge in [-0.05, 0) is 30.2 Å². The number of amides is 3. The molecular formula is C21H23N3O4. The summed E-state index contributed by atoms with van der Waals surface area (Å²) in [6.45, 7) is 2.72. The third-order valence-electron chi connectivity index (χ3n) is 4.90. The average Bonchev–Trinajstić information content (AvgIpc) is 3.06. The van der Waals surface area contributed by atoms with E-state index < -0.39 is 5.97 Å². The van der Waals surface area contributed by atoms with Gasteiger partial charge < -0.3 is 20.6 Å². The topological polar surface area (TPSA) is 98.7 Å². The van der Waals surface area contributed by atoms with Crippen molar-refractivity contribution in [3.05, 3.63) is 71.3 Å². The molecule has 2 unspecified atom stereocenters. The molecular weight excluding hydrogens is 358 g/mol. The minimum absolute atomic E-state index is 0.0194. The number of carboxylic acids is 1. The number of nitrogens with zero attached hydrogens (tertiary/aromatic N) is 1. The first-order valence-corrected chi connectivity index (χ1v) is 9.15. The van der Waals surface area contributed by atoms with Crippen molar-refractivity contribution < 1.29 is 19.5 Å². The summed E-state index contributed by atoms with van der Waals surface area (Å²) in [6, 6.07) is 15.5. The summed E-state index contributed by atoms with van der Waals surface area (Å²) < 4.78 is 0. The number of urea groups is 1. The molecule has 1 heterocycles. The van der Waals surface area contributed by atoms with E-state index in [1.54, 1.807) is 17.0 Å². The van der Waals surface area contributed by atoms with Gasteiger partial charge in [-0.25, -0.2) is 9.59 Å². The number of rotatable bonds is 6. The smallest absolute Gasteiger partial charge is 0.335 e. The first kappa shape index (κ1) is 19.4. The highest BCUT2D eigenvalue weighted by atomic mass is 16.4. The first-order valence-electron chi connectivity index (χ1n) is 9.15. The number of benzene rings is 2. The molecule has 1 aliphatic heterocycles. The highest BCUT2D eigenvalue weighted by Gasteiger charge is 2.33. The van der Waals surface area contributed by atoms with Crippen molar-refractivity contribution in [1.29, 1.82) is 0 Å². The van der Waals surface area contributed by atoms with E-state index >= 15 is 0 Å². The molecule has 0 aliphatic carbocycles. The number of carbonyl (C=O) groups is 3. The van der Waals surface area contributed by atoms with Gasteiger partial charge in [-0.1, -0.05) is 42.5 Å². The molecule has 0 bridgehead atoms. The highest BCUT2D eigenvalue weighted by molar-refractivity contribution is 5.87. The predicted octanol–water partition coefficient (Wildman–Crippen LogP) is 2.55.